The summed E-state index contributed by atoms with van der Waals surface area (Å²) in [4.78, 5) is 22.1. The number of thiophene rings is 1. The van der Waals surface area contributed by atoms with E-state index in [9.17, 15) is 4.79 Å². The van der Waals surface area contributed by atoms with Gasteiger partial charge in [-0.15, -0.1) is 11.3 Å². The van der Waals surface area contributed by atoms with Gasteiger partial charge in [0.1, 0.15) is 17.3 Å². The molecule has 1 aliphatic rings. The van der Waals surface area contributed by atoms with Crippen LogP contribution in [0.1, 0.15) is 36.3 Å². The Morgan fingerprint density at radius 2 is 2.00 bits per heavy atom. The molecule has 2 aromatic carbocycles. The lowest BCUT2D eigenvalue weighted by atomic mass is 9.97. The molecule has 1 aliphatic heterocycles. The average molecular weight is 445 g/mol. The molecule has 2 N–H and O–H groups in total. The Balaban J connectivity index is 1.54. The zero-order valence-corrected chi connectivity index (χ0v) is 18.8. The van der Waals surface area contributed by atoms with Gasteiger partial charge >= 0.3 is 0 Å². The summed E-state index contributed by atoms with van der Waals surface area (Å²) in [6.07, 6.45) is 1.29. The number of hydrogen-bond donors (Lipinski definition) is 2. The van der Waals surface area contributed by atoms with E-state index in [4.69, 9.17) is 14.7 Å². The Bertz CT molecular complexity index is 1290. The van der Waals surface area contributed by atoms with Crippen molar-refractivity contribution in [3.8, 4) is 11.1 Å². The Labute approximate surface area is 190 Å². The third-order valence-electron chi connectivity index (χ3n) is 5.72. The smallest absolute Gasteiger partial charge is 0.224 e. The van der Waals surface area contributed by atoms with Crippen LogP contribution in [0.4, 0.5) is 11.5 Å². The van der Waals surface area contributed by atoms with Crippen molar-refractivity contribution in [3.05, 3.63) is 70.9 Å². The summed E-state index contributed by atoms with van der Waals surface area (Å²) in [5.41, 5.74) is 5.49. The predicted octanol–water partition coefficient (Wildman–Crippen LogP) is 5.56. The molecule has 3 heterocycles. The summed E-state index contributed by atoms with van der Waals surface area (Å²) in [7, 11) is 1.65. The molecule has 1 atom stereocenters. The van der Waals surface area contributed by atoms with Crippen LogP contribution >= 0.6 is 11.3 Å². The first-order valence-corrected chi connectivity index (χ1v) is 11.5. The number of carbonyl (C=O) groups excluding carboxylic acids is 1. The summed E-state index contributed by atoms with van der Waals surface area (Å²) >= 11 is 1.62. The van der Waals surface area contributed by atoms with Gasteiger partial charge in [0.15, 0.2) is 5.82 Å². The summed E-state index contributed by atoms with van der Waals surface area (Å²) in [6.45, 7) is 2.48. The first-order valence-electron chi connectivity index (χ1n) is 10.6. The van der Waals surface area contributed by atoms with Crippen molar-refractivity contribution >= 4 is 39.0 Å². The minimum absolute atomic E-state index is 0.0231. The van der Waals surface area contributed by atoms with E-state index in [1.807, 2.05) is 24.3 Å². The SMILES string of the molecule is COCc1nc(NC(C)c2ccc3c(c2)CCC(=O)N3)c2c(-c3ccccc3)csc2n1. The third kappa shape index (κ3) is 3.97. The Morgan fingerprint density at radius 1 is 1.16 bits per heavy atom. The molecular formula is C25H24N4O2S. The van der Waals surface area contributed by atoms with Crippen molar-refractivity contribution in [2.24, 2.45) is 0 Å². The number of nitrogens with zero attached hydrogens (tertiary/aromatic N) is 2. The number of nitrogens with one attached hydrogen (secondary N) is 2. The lowest BCUT2D eigenvalue weighted by Gasteiger charge is -2.21. The van der Waals surface area contributed by atoms with Crippen LogP contribution in [0.15, 0.2) is 53.9 Å². The lowest BCUT2D eigenvalue weighted by Crippen LogP contribution is -2.19. The third-order valence-corrected chi connectivity index (χ3v) is 6.59. The van der Waals surface area contributed by atoms with Gasteiger partial charge < -0.3 is 15.4 Å². The van der Waals surface area contributed by atoms with Crippen LogP contribution < -0.4 is 10.6 Å². The second-order valence-electron chi connectivity index (χ2n) is 7.95. The number of ether oxygens (including phenoxy) is 1. The lowest BCUT2D eigenvalue weighted by molar-refractivity contribution is -0.116. The maximum atomic E-state index is 11.7. The van der Waals surface area contributed by atoms with Gasteiger partial charge in [0, 0.05) is 36.2 Å². The summed E-state index contributed by atoms with van der Waals surface area (Å²) in [6, 6.07) is 16.6. The van der Waals surface area contributed by atoms with Crippen LogP contribution in [0, 0.1) is 0 Å². The minimum Gasteiger partial charge on any atom is -0.377 e. The monoisotopic (exact) mass is 444 g/mol. The highest BCUT2D eigenvalue weighted by molar-refractivity contribution is 7.17. The second kappa shape index (κ2) is 8.68. The number of hydrogen-bond acceptors (Lipinski definition) is 6. The van der Waals surface area contributed by atoms with E-state index in [0.717, 1.165) is 44.8 Å². The summed E-state index contributed by atoms with van der Waals surface area (Å²) < 4.78 is 5.30. The molecule has 0 saturated carbocycles. The minimum atomic E-state index is 0.0231. The molecule has 0 bridgehead atoms. The average Bonchev–Trinajstić information content (AvgIpc) is 3.24. The number of fused-ring (bicyclic) bond motifs is 2. The van der Waals surface area contributed by atoms with Crippen molar-refractivity contribution in [2.45, 2.75) is 32.4 Å². The quantitative estimate of drug-likeness (QED) is 0.407. The molecule has 0 saturated heterocycles. The number of anilines is 2. The molecule has 6 nitrogen and oxygen atoms in total. The second-order valence-corrected chi connectivity index (χ2v) is 8.81. The van der Waals surface area contributed by atoms with Crippen molar-refractivity contribution in [1.82, 2.24) is 9.97 Å². The molecule has 0 aliphatic carbocycles. The van der Waals surface area contributed by atoms with E-state index in [1.54, 1.807) is 18.4 Å². The van der Waals surface area contributed by atoms with Crippen LogP contribution in [0.3, 0.4) is 0 Å². The first-order chi connectivity index (χ1) is 15.6. The predicted molar refractivity (Wildman–Crippen MR) is 129 cm³/mol. The van der Waals surface area contributed by atoms with E-state index in [0.29, 0.717) is 18.9 Å². The Morgan fingerprint density at radius 3 is 2.81 bits per heavy atom. The number of benzene rings is 2. The molecule has 5 rings (SSSR count). The molecule has 0 fully saturated rings. The van der Waals surface area contributed by atoms with E-state index >= 15 is 0 Å². The van der Waals surface area contributed by atoms with Crippen molar-refractivity contribution in [1.29, 1.82) is 0 Å². The molecule has 0 spiro atoms. The molecule has 1 unspecified atom stereocenters. The zero-order chi connectivity index (χ0) is 22.1. The van der Waals surface area contributed by atoms with E-state index in [1.165, 1.54) is 5.56 Å². The fourth-order valence-electron chi connectivity index (χ4n) is 4.08. The maximum absolute atomic E-state index is 11.7. The van der Waals surface area contributed by atoms with Crippen molar-refractivity contribution in [2.75, 3.05) is 17.7 Å². The van der Waals surface area contributed by atoms with Gasteiger partial charge in [-0.1, -0.05) is 42.5 Å². The van der Waals surface area contributed by atoms with Crippen molar-refractivity contribution < 1.29 is 9.53 Å². The standard InChI is InChI=1S/C25H24N4O2S/c1-15(17-8-10-20-18(12-17)9-11-22(30)27-20)26-24-23-19(16-6-4-3-5-7-16)14-32-25(23)29-21(28-24)13-31-2/h3-8,10,12,14-15H,9,11,13H2,1-2H3,(H,27,30)(H,26,28,29). The van der Waals surface area contributed by atoms with E-state index < -0.39 is 0 Å². The molecule has 2 aromatic heterocycles. The van der Waals surface area contributed by atoms with E-state index in [-0.39, 0.29) is 11.9 Å². The van der Waals surface area contributed by atoms with Gasteiger partial charge in [-0.05, 0) is 36.1 Å². The summed E-state index contributed by atoms with van der Waals surface area (Å²) in [5.74, 6) is 1.54. The molecule has 4 aromatic rings. The molecule has 0 radical (unpaired) electrons. The number of methoxy groups -OCH3 is 1. The van der Waals surface area contributed by atoms with Crippen LogP contribution in [0.5, 0.6) is 0 Å². The molecule has 1 amide bonds. The number of aryl methyl sites for hydroxylation is 1. The highest BCUT2D eigenvalue weighted by Crippen LogP contribution is 2.38. The normalized spacial score (nSPS) is 14.1. The number of aromatic nitrogens is 2. The largest absolute Gasteiger partial charge is 0.377 e. The van der Waals surface area contributed by atoms with Crippen LogP contribution in [-0.4, -0.2) is 23.0 Å². The highest BCUT2D eigenvalue weighted by atomic mass is 32.1. The number of amides is 1. The van der Waals surface area contributed by atoms with Crippen LogP contribution in [0.2, 0.25) is 0 Å². The maximum Gasteiger partial charge on any atom is 0.224 e. The molecule has 162 valence electrons. The van der Waals surface area contributed by atoms with Gasteiger partial charge in [-0.3, -0.25) is 4.79 Å². The highest BCUT2D eigenvalue weighted by Gasteiger charge is 2.19. The molecule has 32 heavy (non-hydrogen) atoms. The fraction of sp³-hybridized carbons (Fsp3) is 0.240. The van der Waals surface area contributed by atoms with Gasteiger partial charge in [0.25, 0.3) is 0 Å². The fourth-order valence-corrected chi connectivity index (χ4v) is 5.04. The molecular weight excluding hydrogens is 420 g/mol. The Hall–Kier alpha value is -3.29. The zero-order valence-electron chi connectivity index (χ0n) is 18.0. The van der Waals surface area contributed by atoms with Crippen molar-refractivity contribution in [3.63, 3.8) is 0 Å². The van der Waals surface area contributed by atoms with Crippen LogP contribution in [0.25, 0.3) is 21.3 Å². The Kier molecular flexibility index (Phi) is 5.59. The topological polar surface area (TPSA) is 76.1 Å². The summed E-state index contributed by atoms with van der Waals surface area (Å²) in [5, 5.41) is 9.74. The van der Waals surface area contributed by atoms with Crippen LogP contribution in [-0.2, 0) is 22.6 Å². The number of carbonyl (C=O) groups is 1. The first kappa shape index (κ1) is 20.6. The van der Waals surface area contributed by atoms with Gasteiger partial charge in [-0.25, -0.2) is 9.97 Å². The van der Waals surface area contributed by atoms with Gasteiger partial charge in [-0.2, -0.15) is 0 Å². The van der Waals surface area contributed by atoms with Gasteiger partial charge in [0.2, 0.25) is 5.91 Å². The van der Waals surface area contributed by atoms with Gasteiger partial charge in [0.05, 0.1) is 5.39 Å². The van der Waals surface area contributed by atoms with E-state index in [2.05, 4.69) is 47.2 Å². The molecule has 7 heteroatoms. The number of rotatable bonds is 6.